The molecular weight excluding hydrogens is 339 g/mol. The molecule has 25 heavy (non-hydrogen) atoms. The Bertz CT molecular complexity index is 853. The Morgan fingerprint density at radius 1 is 1.24 bits per heavy atom. The number of alkyl halides is 3. The zero-order valence-corrected chi connectivity index (χ0v) is 13.2. The van der Waals surface area contributed by atoms with Gasteiger partial charge >= 0.3 is 11.8 Å². The molecule has 0 saturated carbocycles. The number of carbonyl (C=O) groups is 1. The van der Waals surface area contributed by atoms with Gasteiger partial charge in [-0.2, -0.15) is 13.2 Å². The number of aryl methyl sites for hydroxylation is 1. The Hall–Kier alpha value is -2.77. The van der Waals surface area contributed by atoms with Crippen LogP contribution in [0, 0.1) is 6.92 Å². The van der Waals surface area contributed by atoms with Gasteiger partial charge in [0.1, 0.15) is 17.6 Å². The summed E-state index contributed by atoms with van der Waals surface area (Å²) in [6.45, 7) is 1.88. The van der Waals surface area contributed by atoms with Crippen LogP contribution in [-0.2, 0) is 6.18 Å². The highest BCUT2D eigenvalue weighted by atomic mass is 19.4. The minimum absolute atomic E-state index is 0.143. The van der Waals surface area contributed by atoms with Gasteiger partial charge in [0.15, 0.2) is 0 Å². The van der Waals surface area contributed by atoms with Crippen molar-refractivity contribution in [2.75, 3.05) is 13.1 Å². The van der Waals surface area contributed by atoms with Crippen molar-refractivity contribution in [3.05, 3.63) is 63.7 Å². The van der Waals surface area contributed by atoms with Crippen molar-refractivity contribution in [1.82, 2.24) is 4.90 Å². The van der Waals surface area contributed by atoms with Gasteiger partial charge in [0.2, 0.25) is 0 Å². The fourth-order valence-electron chi connectivity index (χ4n) is 2.60. The molecule has 1 aliphatic rings. The number of benzene rings is 1. The van der Waals surface area contributed by atoms with Crippen molar-refractivity contribution in [3.63, 3.8) is 0 Å². The van der Waals surface area contributed by atoms with Crippen LogP contribution in [0.5, 0.6) is 5.75 Å². The first kappa shape index (κ1) is 17.1. The summed E-state index contributed by atoms with van der Waals surface area (Å²) in [5, 5.41) is 0. The minimum atomic E-state index is -4.59. The molecule has 5 nitrogen and oxygen atoms in total. The number of hydrogen-bond donors (Lipinski definition) is 0. The molecule has 3 rings (SSSR count). The Morgan fingerprint density at radius 3 is 2.56 bits per heavy atom. The monoisotopic (exact) mass is 353 g/mol. The van der Waals surface area contributed by atoms with Gasteiger partial charge in [-0.15, -0.1) is 0 Å². The number of hydrogen-bond acceptors (Lipinski definition) is 4. The highest BCUT2D eigenvalue weighted by molar-refractivity contribution is 5.96. The van der Waals surface area contributed by atoms with Crippen LogP contribution in [-0.4, -0.2) is 30.0 Å². The third kappa shape index (κ3) is 3.67. The molecule has 0 unspecified atom stereocenters. The fraction of sp³-hybridized carbons (Fsp3) is 0.294. The zero-order chi connectivity index (χ0) is 18.2. The van der Waals surface area contributed by atoms with Gasteiger partial charge in [0.25, 0.3) is 5.91 Å². The second-order valence-corrected chi connectivity index (χ2v) is 5.72. The van der Waals surface area contributed by atoms with Crippen LogP contribution in [0.4, 0.5) is 13.2 Å². The summed E-state index contributed by atoms with van der Waals surface area (Å²) in [5.41, 5.74) is -1.90. The lowest BCUT2D eigenvalue weighted by Crippen LogP contribution is -2.56. The van der Waals surface area contributed by atoms with Gasteiger partial charge in [0.05, 0.1) is 30.3 Å². The normalized spacial score (nSPS) is 15.0. The summed E-state index contributed by atoms with van der Waals surface area (Å²) in [6, 6.07) is 7.38. The smallest absolute Gasteiger partial charge is 0.417 e. The van der Waals surface area contributed by atoms with E-state index in [0.29, 0.717) is 11.5 Å². The molecule has 0 spiro atoms. The van der Waals surface area contributed by atoms with E-state index in [0.717, 1.165) is 12.1 Å². The predicted molar refractivity (Wildman–Crippen MR) is 81.5 cm³/mol. The maximum absolute atomic E-state index is 13.0. The maximum Gasteiger partial charge on any atom is 0.417 e. The topological polar surface area (TPSA) is 59.8 Å². The van der Waals surface area contributed by atoms with Crippen LogP contribution < -0.4 is 10.4 Å². The minimum Gasteiger partial charge on any atom is -0.486 e. The Labute approximate surface area is 140 Å². The van der Waals surface area contributed by atoms with E-state index in [1.165, 1.54) is 29.2 Å². The van der Waals surface area contributed by atoms with Gasteiger partial charge in [-0.1, -0.05) is 12.1 Å². The lowest BCUT2D eigenvalue weighted by atomic mass is 10.0. The van der Waals surface area contributed by atoms with E-state index in [-0.39, 0.29) is 24.8 Å². The molecule has 1 aromatic carbocycles. The largest absolute Gasteiger partial charge is 0.486 e. The molecule has 0 N–H and O–H groups in total. The first-order chi connectivity index (χ1) is 11.7. The molecule has 0 bridgehead atoms. The molecule has 1 amide bonds. The van der Waals surface area contributed by atoms with Crippen molar-refractivity contribution < 1.29 is 27.1 Å². The quantitative estimate of drug-likeness (QED) is 0.851. The molecule has 132 valence electrons. The number of halogens is 3. The lowest BCUT2D eigenvalue weighted by Gasteiger charge is -2.39. The Balaban J connectivity index is 1.67. The molecule has 1 aromatic heterocycles. The van der Waals surface area contributed by atoms with Crippen molar-refractivity contribution >= 4 is 5.91 Å². The molecule has 0 radical (unpaired) electrons. The van der Waals surface area contributed by atoms with Crippen molar-refractivity contribution in [3.8, 4) is 5.75 Å². The van der Waals surface area contributed by atoms with E-state index >= 15 is 0 Å². The van der Waals surface area contributed by atoms with E-state index in [9.17, 15) is 22.8 Å². The molecule has 1 fully saturated rings. The summed E-state index contributed by atoms with van der Waals surface area (Å²) in [5.74, 6) is -0.00747. The first-order valence-corrected chi connectivity index (χ1v) is 7.48. The van der Waals surface area contributed by atoms with Gasteiger partial charge in [0, 0.05) is 6.07 Å². The number of ether oxygens (including phenoxy) is 1. The van der Waals surface area contributed by atoms with E-state index in [1.54, 1.807) is 6.92 Å². The Kier molecular flexibility index (Phi) is 4.28. The van der Waals surface area contributed by atoms with Crippen molar-refractivity contribution in [1.29, 1.82) is 0 Å². The second-order valence-electron chi connectivity index (χ2n) is 5.72. The molecule has 8 heteroatoms. The van der Waals surface area contributed by atoms with Crippen LogP contribution in [0.15, 0.2) is 45.6 Å². The molecule has 0 aliphatic carbocycles. The zero-order valence-electron chi connectivity index (χ0n) is 13.2. The summed E-state index contributed by atoms with van der Waals surface area (Å²) in [6.07, 6.45) is -4.98. The summed E-state index contributed by atoms with van der Waals surface area (Å²) < 4.78 is 49.4. The SMILES string of the molecule is Cc1cc(OC2CN(C(=O)c3ccccc3C(F)(F)F)C2)cc(=O)o1. The van der Waals surface area contributed by atoms with Crippen LogP contribution in [0.1, 0.15) is 21.7 Å². The summed E-state index contributed by atoms with van der Waals surface area (Å²) >= 11 is 0. The van der Waals surface area contributed by atoms with Crippen LogP contribution in [0.3, 0.4) is 0 Å². The van der Waals surface area contributed by atoms with Gasteiger partial charge < -0.3 is 14.1 Å². The molecule has 0 atom stereocenters. The van der Waals surface area contributed by atoms with Gasteiger partial charge in [-0.25, -0.2) is 4.79 Å². The second kappa shape index (κ2) is 6.27. The summed E-state index contributed by atoms with van der Waals surface area (Å²) in [7, 11) is 0. The van der Waals surface area contributed by atoms with Gasteiger partial charge in [-0.05, 0) is 19.1 Å². The van der Waals surface area contributed by atoms with Gasteiger partial charge in [-0.3, -0.25) is 4.79 Å². The number of rotatable bonds is 3. The lowest BCUT2D eigenvalue weighted by molar-refractivity contribution is -0.138. The molecule has 1 saturated heterocycles. The van der Waals surface area contributed by atoms with Crippen LogP contribution >= 0.6 is 0 Å². The van der Waals surface area contributed by atoms with E-state index in [2.05, 4.69) is 0 Å². The molecule has 2 aromatic rings. The first-order valence-electron chi connectivity index (χ1n) is 7.48. The third-order valence-corrected chi connectivity index (χ3v) is 3.77. The van der Waals surface area contributed by atoms with Crippen molar-refractivity contribution in [2.24, 2.45) is 0 Å². The third-order valence-electron chi connectivity index (χ3n) is 3.77. The number of amides is 1. The predicted octanol–water partition coefficient (Wildman–Crippen LogP) is 2.87. The van der Waals surface area contributed by atoms with Crippen LogP contribution in [0.2, 0.25) is 0 Å². The molecule has 2 heterocycles. The number of likely N-dealkylation sites (tertiary alicyclic amines) is 1. The van der Waals surface area contributed by atoms with Crippen molar-refractivity contribution in [2.45, 2.75) is 19.2 Å². The summed E-state index contributed by atoms with van der Waals surface area (Å²) in [4.78, 5) is 24.8. The number of carbonyl (C=O) groups excluding carboxylic acids is 1. The average Bonchev–Trinajstić information content (AvgIpc) is 2.48. The standard InChI is InChI=1S/C17H14F3NO4/c1-10-6-11(7-15(22)24-10)25-12-8-21(9-12)16(23)13-4-2-3-5-14(13)17(18,19)20/h2-7,12H,8-9H2,1H3. The highest BCUT2D eigenvalue weighted by Gasteiger charge is 2.39. The van der Waals surface area contributed by atoms with Crippen LogP contribution in [0.25, 0.3) is 0 Å². The van der Waals surface area contributed by atoms with E-state index in [4.69, 9.17) is 9.15 Å². The highest BCUT2D eigenvalue weighted by Crippen LogP contribution is 2.33. The average molecular weight is 353 g/mol. The number of nitrogens with zero attached hydrogens (tertiary/aromatic N) is 1. The van der Waals surface area contributed by atoms with E-state index < -0.39 is 23.3 Å². The molecule has 1 aliphatic heterocycles. The van der Waals surface area contributed by atoms with E-state index in [1.807, 2.05) is 0 Å². The maximum atomic E-state index is 13.0. The molecular formula is C17H14F3NO4. The fourth-order valence-corrected chi connectivity index (χ4v) is 2.60. The Morgan fingerprint density at radius 2 is 1.92 bits per heavy atom.